The number of amides is 1. The normalized spacial score (nSPS) is 10.8. The van der Waals surface area contributed by atoms with E-state index in [1.54, 1.807) is 12.3 Å². The van der Waals surface area contributed by atoms with Crippen molar-refractivity contribution in [2.45, 2.75) is 13.5 Å². The Morgan fingerprint density at radius 2 is 2.26 bits per heavy atom. The molecule has 0 spiro atoms. The third-order valence-electron chi connectivity index (χ3n) is 2.71. The summed E-state index contributed by atoms with van der Waals surface area (Å²) in [6.07, 6.45) is 5.02. The van der Waals surface area contributed by atoms with E-state index >= 15 is 0 Å². The number of halogens is 1. The average molecular weight is 320 g/mol. The molecule has 0 radical (unpaired) electrons. The van der Waals surface area contributed by atoms with E-state index in [1.807, 2.05) is 31.2 Å². The van der Waals surface area contributed by atoms with Crippen molar-refractivity contribution in [2.24, 2.45) is 0 Å². The fourth-order valence-electron chi connectivity index (χ4n) is 1.57. The van der Waals surface area contributed by atoms with E-state index in [2.05, 4.69) is 31.4 Å². The van der Waals surface area contributed by atoms with Crippen molar-refractivity contribution in [3.63, 3.8) is 0 Å². The molecular weight excluding hydrogens is 306 g/mol. The number of benzene rings is 1. The predicted octanol–water partition coefficient (Wildman–Crippen LogP) is 2.81. The van der Waals surface area contributed by atoms with Crippen LogP contribution in [-0.4, -0.2) is 16.1 Å². The first-order valence-corrected chi connectivity index (χ1v) is 6.65. The molecule has 1 amide bonds. The summed E-state index contributed by atoms with van der Waals surface area (Å²) in [5.74, 6) is -0.128. The van der Waals surface area contributed by atoms with Crippen LogP contribution in [0.1, 0.15) is 16.8 Å². The van der Waals surface area contributed by atoms with Crippen LogP contribution < -0.4 is 5.32 Å². The number of nitrogens with zero attached hydrogens (tertiary/aromatic N) is 1. The van der Waals surface area contributed by atoms with Crippen molar-refractivity contribution in [3.05, 3.63) is 57.8 Å². The molecule has 0 fully saturated rings. The van der Waals surface area contributed by atoms with Gasteiger partial charge in [0.15, 0.2) is 0 Å². The smallest absolute Gasteiger partial charge is 0.244 e. The summed E-state index contributed by atoms with van der Waals surface area (Å²) in [6, 6.07) is 7.74. The number of hydrogen-bond donors (Lipinski definition) is 2. The van der Waals surface area contributed by atoms with E-state index in [9.17, 15) is 4.79 Å². The number of nitrogens with one attached hydrogen (secondary N) is 2. The standard InChI is InChI=1S/C14H14BrN3O/c1-10-12(9-17-18-10)8-16-14(19)7-6-11-4-2-3-5-13(11)15/h2-7,9H,8H2,1H3,(H,16,19)(H,17,18)/b7-6+. The highest BCUT2D eigenvalue weighted by Crippen LogP contribution is 2.16. The van der Waals surface area contributed by atoms with Crippen LogP contribution in [0, 0.1) is 6.92 Å². The Bertz CT molecular complexity index is 604. The van der Waals surface area contributed by atoms with Gasteiger partial charge in [0.2, 0.25) is 5.91 Å². The Morgan fingerprint density at radius 3 is 2.95 bits per heavy atom. The predicted molar refractivity (Wildman–Crippen MR) is 78.3 cm³/mol. The SMILES string of the molecule is Cc1[nH]ncc1CNC(=O)/C=C/c1ccccc1Br. The van der Waals surface area contributed by atoms with Gasteiger partial charge in [-0.1, -0.05) is 34.1 Å². The maximum atomic E-state index is 11.7. The van der Waals surface area contributed by atoms with E-state index in [4.69, 9.17) is 0 Å². The topological polar surface area (TPSA) is 57.8 Å². The molecule has 0 saturated carbocycles. The molecule has 2 rings (SSSR count). The number of aryl methyl sites for hydroxylation is 1. The molecule has 0 unspecified atom stereocenters. The number of aromatic nitrogens is 2. The second-order valence-corrected chi connectivity index (χ2v) is 4.95. The molecule has 2 N–H and O–H groups in total. The van der Waals surface area contributed by atoms with Crippen LogP contribution in [0.15, 0.2) is 41.0 Å². The zero-order valence-corrected chi connectivity index (χ0v) is 12.1. The van der Waals surface area contributed by atoms with Crippen molar-refractivity contribution in [3.8, 4) is 0 Å². The minimum atomic E-state index is -0.128. The fourth-order valence-corrected chi connectivity index (χ4v) is 1.99. The van der Waals surface area contributed by atoms with Crippen molar-refractivity contribution in [1.29, 1.82) is 0 Å². The van der Waals surface area contributed by atoms with Crippen molar-refractivity contribution in [2.75, 3.05) is 0 Å². The van der Waals surface area contributed by atoms with E-state index in [-0.39, 0.29) is 5.91 Å². The maximum Gasteiger partial charge on any atom is 0.244 e. The highest BCUT2D eigenvalue weighted by atomic mass is 79.9. The maximum absolute atomic E-state index is 11.7. The number of rotatable bonds is 4. The molecule has 1 aromatic heterocycles. The number of carbonyl (C=O) groups excluding carboxylic acids is 1. The molecule has 0 aliphatic rings. The van der Waals surface area contributed by atoms with Gasteiger partial charge in [0.05, 0.1) is 6.20 Å². The lowest BCUT2D eigenvalue weighted by molar-refractivity contribution is -0.116. The number of hydrogen-bond acceptors (Lipinski definition) is 2. The van der Waals surface area contributed by atoms with Crippen LogP contribution in [0.3, 0.4) is 0 Å². The molecule has 98 valence electrons. The largest absolute Gasteiger partial charge is 0.348 e. The van der Waals surface area contributed by atoms with Crippen LogP contribution in [0.5, 0.6) is 0 Å². The van der Waals surface area contributed by atoms with Gasteiger partial charge in [-0.3, -0.25) is 9.89 Å². The Morgan fingerprint density at radius 1 is 1.47 bits per heavy atom. The van der Waals surface area contributed by atoms with E-state index in [0.29, 0.717) is 6.54 Å². The summed E-state index contributed by atoms with van der Waals surface area (Å²) < 4.78 is 0.963. The van der Waals surface area contributed by atoms with Crippen LogP contribution in [-0.2, 0) is 11.3 Å². The zero-order chi connectivity index (χ0) is 13.7. The first-order chi connectivity index (χ1) is 9.16. The zero-order valence-electron chi connectivity index (χ0n) is 10.5. The van der Waals surface area contributed by atoms with Gasteiger partial charge in [0.25, 0.3) is 0 Å². The van der Waals surface area contributed by atoms with Crippen molar-refractivity contribution in [1.82, 2.24) is 15.5 Å². The second-order valence-electron chi connectivity index (χ2n) is 4.09. The van der Waals surface area contributed by atoms with Gasteiger partial charge in [-0.2, -0.15) is 5.10 Å². The molecule has 0 atom stereocenters. The first kappa shape index (κ1) is 13.5. The van der Waals surface area contributed by atoms with E-state index < -0.39 is 0 Å². The molecule has 0 bridgehead atoms. The van der Waals surface area contributed by atoms with Crippen LogP contribution in [0.2, 0.25) is 0 Å². The monoisotopic (exact) mass is 319 g/mol. The fraction of sp³-hybridized carbons (Fsp3) is 0.143. The molecule has 0 saturated heterocycles. The highest BCUT2D eigenvalue weighted by Gasteiger charge is 2.02. The summed E-state index contributed by atoms with van der Waals surface area (Å²) in [5.41, 5.74) is 2.93. The van der Waals surface area contributed by atoms with Gasteiger partial charge in [0.1, 0.15) is 0 Å². The Labute approximate surface area is 120 Å². The Kier molecular flexibility index (Phi) is 4.52. The highest BCUT2D eigenvalue weighted by molar-refractivity contribution is 9.10. The lowest BCUT2D eigenvalue weighted by Gasteiger charge is -2.01. The number of H-pyrrole nitrogens is 1. The third-order valence-corrected chi connectivity index (χ3v) is 3.43. The summed E-state index contributed by atoms with van der Waals surface area (Å²) in [5, 5.41) is 9.55. The van der Waals surface area contributed by atoms with Gasteiger partial charge >= 0.3 is 0 Å². The molecule has 2 aromatic rings. The van der Waals surface area contributed by atoms with Crippen LogP contribution >= 0.6 is 15.9 Å². The van der Waals surface area contributed by atoms with E-state index in [0.717, 1.165) is 21.3 Å². The minimum Gasteiger partial charge on any atom is -0.348 e. The van der Waals surface area contributed by atoms with Gasteiger partial charge in [-0.05, 0) is 24.6 Å². The molecule has 5 heteroatoms. The third kappa shape index (κ3) is 3.79. The second kappa shape index (κ2) is 6.33. The number of carbonyl (C=O) groups is 1. The van der Waals surface area contributed by atoms with Crippen LogP contribution in [0.25, 0.3) is 6.08 Å². The first-order valence-electron chi connectivity index (χ1n) is 5.86. The van der Waals surface area contributed by atoms with Gasteiger partial charge < -0.3 is 5.32 Å². The molecule has 0 aliphatic carbocycles. The van der Waals surface area contributed by atoms with Gasteiger partial charge in [0, 0.05) is 28.4 Å². The summed E-state index contributed by atoms with van der Waals surface area (Å²) in [4.78, 5) is 11.7. The number of aromatic amines is 1. The van der Waals surface area contributed by atoms with Crippen molar-refractivity contribution >= 4 is 27.9 Å². The average Bonchev–Trinajstić information content (AvgIpc) is 2.81. The van der Waals surface area contributed by atoms with Gasteiger partial charge in [-0.15, -0.1) is 0 Å². The minimum absolute atomic E-state index is 0.128. The van der Waals surface area contributed by atoms with E-state index in [1.165, 1.54) is 6.08 Å². The molecule has 4 nitrogen and oxygen atoms in total. The van der Waals surface area contributed by atoms with Crippen molar-refractivity contribution < 1.29 is 4.79 Å². The lowest BCUT2D eigenvalue weighted by atomic mass is 10.2. The Hall–Kier alpha value is -1.88. The Balaban J connectivity index is 1.91. The quantitative estimate of drug-likeness (QED) is 0.851. The van der Waals surface area contributed by atoms with Gasteiger partial charge in [-0.25, -0.2) is 0 Å². The summed E-state index contributed by atoms with van der Waals surface area (Å²) in [6.45, 7) is 2.40. The molecule has 1 aromatic carbocycles. The summed E-state index contributed by atoms with van der Waals surface area (Å²) >= 11 is 3.43. The van der Waals surface area contributed by atoms with Crippen LogP contribution in [0.4, 0.5) is 0 Å². The molecular formula is C14H14BrN3O. The molecule has 19 heavy (non-hydrogen) atoms. The molecule has 1 heterocycles. The lowest BCUT2D eigenvalue weighted by Crippen LogP contribution is -2.20. The molecule has 0 aliphatic heterocycles. The summed E-state index contributed by atoms with van der Waals surface area (Å²) in [7, 11) is 0.